The molecule has 1 fully saturated rings. The molecule has 1 amide bonds. The maximum Gasteiger partial charge on any atom is 0.237 e. The van der Waals surface area contributed by atoms with Crippen molar-refractivity contribution in [1.82, 2.24) is 10.6 Å². The van der Waals surface area contributed by atoms with Gasteiger partial charge >= 0.3 is 0 Å². The average molecular weight is 303 g/mol. The van der Waals surface area contributed by atoms with E-state index in [4.69, 9.17) is 11.6 Å². The molecule has 1 atom stereocenters. The highest BCUT2D eigenvalue weighted by Crippen LogP contribution is 2.10. The Kier molecular flexibility index (Phi) is 7.21. The third-order valence-electron chi connectivity index (χ3n) is 3.23. The molecule has 1 saturated heterocycles. The second kappa shape index (κ2) is 8.41. The molecule has 0 aromatic heterocycles. The zero-order chi connectivity index (χ0) is 12.8. The minimum absolute atomic E-state index is 0. The van der Waals surface area contributed by atoms with Crippen LogP contribution in [0.2, 0.25) is 5.02 Å². The van der Waals surface area contributed by atoms with Gasteiger partial charge in [0.25, 0.3) is 0 Å². The SMILES string of the molecule is Cl.O=C(NCCCc1ccc(Cl)cc1)C1CCCN1. The molecule has 1 aromatic rings. The largest absolute Gasteiger partial charge is 0.355 e. The van der Waals surface area contributed by atoms with E-state index in [0.717, 1.165) is 43.8 Å². The Balaban J connectivity index is 0.00000180. The van der Waals surface area contributed by atoms with Crippen molar-refractivity contribution in [2.75, 3.05) is 13.1 Å². The topological polar surface area (TPSA) is 41.1 Å². The van der Waals surface area contributed by atoms with Crippen LogP contribution >= 0.6 is 24.0 Å². The quantitative estimate of drug-likeness (QED) is 0.821. The monoisotopic (exact) mass is 302 g/mol. The minimum Gasteiger partial charge on any atom is -0.355 e. The predicted octanol–water partition coefficient (Wildman–Crippen LogP) is 2.56. The number of amides is 1. The van der Waals surface area contributed by atoms with Crippen molar-refractivity contribution in [1.29, 1.82) is 0 Å². The molecule has 3 nitrogen and oxygen atoms in total. The number of hydrogen-bond acceptors (Lipinski definition) is 2. The number of benzene rings is 1. The number of nitrogens with one attached hydrogen (secondary N) is 2. The molecule has 2 rings (SSSR count). The van der Waals surface area contributed by atoms with Gasteiger partial charge in [-0.25, -0.2) is 0 Å². The summed E-state index contributed by atoms with van der Waals surface area (Å²) < 4.78 is 0. The maximum absolute atomic E-state index is 11.7. The van der Waals surface area contributed by atoms with Crippen LogP contribution in [0, 0.1) is 0 Å². The summed E-state index contributed by atoms with van der Waals surface area (Å²) in [5, 5.41) is 6.94. The summed E-state index contributed by atoms with van der Waals surface area (Å²) >= 11 is 5.82. The van der Waals surface area contributed by atoms with Crippen molar-refractivity contribution in [2.45, 2.75) is 31.7 Å². The number of carbonyl (C=O) groups excluding carboxylic acids is 1. The van der Waals surface area contributed by atoms with Crippen LogP contribution in [-0.2, 0) is 11.2 Å². The van der Waals surface area contributed by atoms with Crippen LogP contribution in [0.1, 0.15) is 24.8 Å². The molecule has 106 valence electrons. The Hall–Kier alpha value is -0.770. The normalized spacial score (nSPS) is 17.8. The zero-order valence-electron chi connectivity index (χ0n) is 10.8. The van der Waals surface area contributed by atoms with E-state index >= 15 is 0 Å². The first-order chi connectivity index (χ1) is 8.75. The van der Waals surface area contributed by atoms with Crippen molar-refractivity contribution < 1.29 is 4.79 Å². The van der Waals surface area contributed by atoms with Gasteiger partial charge in [0.05, 0.1) is 6.04 Å². The summed E-state index contributed by atoms with van der Waals surface area (Å²) in [4.78, 5) is 11.7. The fourth-order valence-corrected chi connectivity index (χ4v) is 2.31. The third kappa shape index (κ3) is 5.39. The van der Waals surface area contributed by atoms with E-state index in [1.165, 1.54) is 5.56 Å². The van der Waals surface area contributed by atoms with Gasteiger partial charge in [0.15, 0.2) is 0 Å². The Bertz CT molecular complexity index is 389. The number of hydrogen-bond donors (Lipinski definition) is 2. The van der Waals surface area contributed by atoms with E-state index in [0.29, 0.717) is 0 Å². The Labute approximate surface area is 125 Å². The molecule has 0 saturated carbocycles. The molecule has 19 heavy (non-hydrogen) atoms. The van der Waals surface area contributed by atoms with E-state index in [-0.39, 0.29) is 24.4 Å². The van der Waals surface area contributed by atoms with Gasteiger partial charge < -0.3 is 10.6 Å². The molecule has 1 aliphatic heterocycles. The van der Waals surface area contributed by atoms with Crippen LogP contribution in [0.4, 0.5) is 0 Å². The van der Waals surface area contributed by atoms with E-state index in [9.17, 15) is 4.79 Å². The van der Waals surface area contributed by atoms with Crippen molar-refractivity contribution in [3.8, 4) is 0 Å². The molecule has 1 unspecified atom stereocenters. The standard InChI is InChI=1S/C14H19ClN2O.ClH/c15-12-7-5-11(6-8-12)3-1-10-17-14(18)13-4-2-9-16-13;/h5-8,13,16H,1-4,9-10H2,(H,17,18);1H. The molecule has 2 N–H and O–H groups in total. The van der Waals surface area contributed by atoms with E-state index in [2.05, 4.69) is 10.6 Å². The lowest BCUT2D eigenvalue weighted by atomic mass is 10.1. The highest BCUT2D eigenvalue weighted by molar-refractivity contribution is 6.30. The second-order valence-electron chi connectivity index (χ2n) is 4.67. The second-order valence-corrected chi connectivity index (χ2v) is 5.11. The lowest BCUT2D eigenvalue weighted by Crippen LogP contribution is -2.40. The van der Waals surface area contributed by atoms with Gasteiger partial charge in [-0.1, -0.05) is 23.7 Å². The van der Waals surface area contributed by atoms with Crippen LogP contribution in [0.25, 0.3) is 0 Å². The highest BCUT2D eigenvalue weighted by atomic mass is 35.5. The summed E-state index contributed by atoms with van der Waals surface area (Å²) in [5.74, 6) is 0.142. The molecule has 1 aromatic carbocycles. The van der Waals surface area contributed by atoms with Crippen LogP contribution in [0.5, 0.6) is 0 Å². The first-order valence-corrected chi connectivity index (χ1v) is 6.89. The van der Waals surface area contributed by atoms with E-state index in [1.807, 2.05) is 24.3 Å². The van der Waals surface area contributed by atoms with Crippen molar-refractivity contribution in [3.63, 3.8) is 0 Å². The maximum atomic E-state index is 11.7. The minimum atomic E-state index is 0. The fourth-order valence-electron chi connectivity index (χ4n) is 2.19. The molecule has 0 spiro atoms. The summed E-state index contributed by atoms with van der Waals surface area (Å²) in [6.07, 6.45) is 3.99. The van der Waals surface area contributed by atoms with Gasteiger partial charge in [0.1, 0.15) is 0 Å². The Morgan fingerprint density at radius 3 is 2.74 bits per heavy atom. The van der Waals surface area contributed by atoms with Crippen molar-refractivity contribution >= 4 is 29.9 Å². The van der Waals surface area contributed by atoms with Gasteiger partial charge in [-0.15, -0.1) is 12.4 Å². The van der Waals surface area contributed by atoms with Gasteiger partial charge in [0.2, 0.25) is 5.91 Å². The molecule has 1 heterocycles. The summed E-state index contributed by atoms with van der Waals surface area (Å²) in [7, 11) is 0. The molecule has 0 radical (unpaired) electrons. The van der Waals surface area contributed by atoms with Crippen LogP contribution in [-0.4, -0.2) is 25.0 Å². The average Bonchev–Trinajstić information content (AvgIpc) is 2.90. The van der Waals surface area contributed by atoms with Crippen LogP contribution in [0.3, 0.4) is 0 Å². The zero-order valence-corrected chi connectivity index (χ0v) is 12.4. The van der Waals surface area contributed by atoms with Crippen LogP contribution < -0.4 is 10.6 Å². The number of rotatable bonds is 5. The van der Waals surface area contributed by atoms with Gasteiger partial charge in [0, 0.05) is 11.6 Å². The van der Waals surface area contributed by atoms with Crippen molar-refractivity contribution in [2.24, 2.45) is 0 Å². The number of aryl methyl sites for hydroxylation is 1. The highest BCUT2D eigenvalue weighted by Gasteiger charge is 2.20. The molecule has 5 heteroatoms. The molecule has 0 aliphatic carbocycles. The third-order valence-corrected chi connectivity index (χ3v) is 3.48. The van der Waals surface area contributed by atoms with Crippen LogP contribution in [0.15, 0.2) is 24.3 Å². The molecule has 0 bridgehead atoms. The molecular formula is C14H20Cl2N2O. The number of carbonyl (C=O) groups is 1. The van der Waals surface area contributed by atoms with Gasteiger partial charge in [-0.2, -0.15) is 0 Å². The lowest BCUT2D eigenvalue weighted by molar-refractivity contribution is -0.122. The Morgan fingerprint density at radius 1 is 1.37 bits per heavy atom. The smallest absolute Gasteiger partial charge is 0.237 e. The lowest BCUT2D eigenvalue weighted by Gasteiger charge is -2.10. The first-order valence-electron chi connectivity index (χ1n) is 6.51. The number of halogens is 2. The van der Waals surface area contributed by atoms with Crippen molar-refractivity contribution in [3.05, 3.63) is 34.9 Å². The molecule has 1 aliphatic rings. The first kappa shape index (κ1) is 16.3. The summed E-state index contributed by atoms with van der Waals surface area (Å²) in [6, 6.07) is 7.89. The fraction of sp³-hybridized carbons (Fsp3) is 0.500. The summed E-state index contributed by atoms with van der Waals surface area (Å²) in [6.45, 7) is 1.70. The Morgan fingerprint density at radius 2 is 2.11 bits per heavy atom. The van der Waals surface area contributed by atoms with E-state index in [1.54, 1.807) is 0 Å². The predicted molar refractivity (Wildman–Crippen MR) is 81.1 cm³/mol. The van der Waals surface area contributed by atoms with E-state index < -0.39 is 0 Å². The summed E-state index contributed by atoms with van der Waals surface area (Å²) in [5.41, 5.74) is 1.26. The van der Waals surface area contributed by atoms with Gasteiger partial charge in [-0.3, -0.25) is 4.79 Å². The molecular weight excluding hydrogens is 283 g/mol. The van der Waals surface area contributed by atoms with Gasteiger partial charge in [-0.05, 0) is 49.9 Å².